The molecule has 0 atom stereocenters. The van der Waals surface area contributed by atoms with Gasteiger partial charge in [0.2, 0.25) is 11.8 Å². The van der Waals surface area contributed by atoms with Gasteiger partial charge in [0.05, 0.1) is 41.2 Å². The molecular weight excluding hydrogens is 878 g/mol. The number of aromatic nitrogens is 2. The third kappa shape index (κ3) is 10.1. The number of methoxy groups -OCH3 is 5. The Morgan fingerprint density at radius 3 is 1.68 bits per heavy atom. The van der Waals surface area contributed by atoms with Crippen molar-refractivity contribution in [1.82, 2.24) is 9.97 Å². The van der Waals surface area contributed by atoms with Gasteiger partial charge in [0.1, 0.15) is 16.8 Å². The Hall–Kier alpha value is -7.59. The van der Waals surface area contributed by atoms with Crippen molar-refractivity contribution in [1.29, 1.82) is 0 Å². The first kappa shape index (κ1) is 44.9. The number of hydrogen-bond donors (Lipinski definition) is 5. The number of oxazole rings is 2. The van der Waals surface area contributed by atoms with Crippen molar-refractivity contribution in [2.75, 3.05) is 40.9 Å². The van der Waals surface area contributed by atoms with Crippen LogP contribution in [-0.2, 0) is 0 Å². The van der Waals surface area contributed by atoms with E-state index < -0.39 is 0 Å². The van der Waals surface area contributed by atoms with E-state index >= 15 is 0 Å². The summed E-state index contributed by atoms with van der Waals surface area (Å²) in [5.41, 5.74) is 8.12. The van der Waals surface area contributed by atoms with Gasteiger partial charge >= 0.3 is 0 Å². The predicted molar refractivity (Wildman–Crippen MR) is 241 cm³/mol. The van der Waals surface area contributed by atoms with Crippen LogP contribution in [-0.4, -0.2) is 71.9 Å². The second-order valence-electron chi connectivity index (χ2n) is 13.8. The summed E-state index contributed by atoms with van der Waals surface area (Å²) >= 11 is 3.42. The van der Waals surface area contributed by atoms with Crippen LogP contribution >= 0.6 is 15.9 Å². The van der Waals surface area contributed by atoms with Crippen LogP contribution in [0.5, 0.6) is 51.7 Å². The number of amides is 1. The van der Waals surface area contributed by atoms with Crippen LogP contribution < -0.4 is 29.0 Å². The second kappa shape index (κ2) is 19.4. The van der Waals surface area contributed by atoms with E-state index in [1.54, 1.807) is 59.8 Å². The lowest BCUT2D eigenvalue weighted by atomic mass is 10.1. The first-order valence-electron chi connectivity index (χ1n) is 19.0. The standard InChI is InChI=1S/C17H18BrNO4.C17H17NO3.C13H9NO5/c1-10-5-6-11(7-14(10)21-2)17(20)19-13-9-16(23-4)15(22-3)8-12(13)18;1-10-7-13-15(8-11(10)2)21-17(18-13)12-5-6-14(19-3)16(9-12)20-4;15-8-2-1-6(3-9(8)16)13-14-7-4-10(17)11(18)5-12(7)19-13/h5-9H,1-4H3,(H,19,20);5-9H,1-4H3;1-5,15-18H. The number of carbonyl (C=O) groups is 1. The van der Waals surface area contributed by atoms with Gasteiger partial charge in [-0.25, -0.2) is 9.97 Å². The van der Waals surface area contributed by atoms with Gasteiger partial charge in [0.15, 0.2) is 57.2 Å². The molecule has 2 aromatic heterocycles. The number of ether oxygens (including phenoxy) is 5. The minimum atomic E-state index is -0.302. The molecule has 15 nitrogen and oxygen atoms in total. The molecule has 0 bridgehead atoms. The molecule has 8 aromatic rings. The molecular formula is C47H44BrN3O12. The van der Waals surface area contributed by atoms with Crippen molar-refractivity contribution in [2.24, 2.45) is 0 Å². The predicted octanol–water partition coefficient (Wildman–Crippen LogP) is 10.5. The molecule has 5 N–H and O–H groups in total. The number of halogens is 1. The van der Waals surface area contributed by atoms with Crippen LogP contribution in [0.4, 0.5) is 5.69 Å². The quantitative estimate of drug-likeness (QED) is 0.0854. The van der Waals surface area contributed by atoms with Gasteiger partial charge in [0, 0.05) is 45.4 Å². The third-order valence-electron chi connectivity index (χ3n) is 9.73. The van der Waals surface area contributed by atoms with Crippen molar-refractivity contribution in [3.05, 3.63) is 118 Å². The lowest BCUT2D eigenvalue weighted by Gasteiger charge is -2.13. The maximum Gasteiger partial charge on any atom is 0.255 e. The lowest BCUT2D eigenvalue weighted by Crippen LogP contribution is -2.12. The van der Waals surface area contributed by atoms with Gasteiger partial charge in [-0.05, 0) is 114 Å². The summed E-state index contributed by atoms with van der Waals surface area (Å²) in [6.07, 6.45) is 0. The minimum Gasteiger partial charge on any atom is -0.504 e. The van der Waals surface area contributed by atoms with E-state index in [2.05, 4.69) is 45.1 Å². The van der Waals surface area contributed by atoms with Crippen LogP contribution in [0, 0.1) is 20.8 Å². The summed E-state index contributed by atoms with van der Waals surface area (Å²) in [5, 5.41) is 40.2. The van der Waals surface area contributed by atoms with Gasteiger partial charge in [-0.1, -0.05) is 6.07 Å². The van der Waals surface area contributed by atoms with Crippen LogP contribution in [0.15, 0.2) is 104 Å². The number of hydrogen-bond acceptors (Lipinski definition) is 14. The summed E-state index contributed by atoms with van der Waals surface area (Å²) in [6, 6.07) is 25.1. The fourth-order valence-electron chi connectivity index (χ4n) is 6.11. The van der Waals surface area contributed by atoms with Crippen LogP contribution in [0.1, 0.15) is 27.0 Å². The number of fused-ring (bicyclic) bond motifs is 2. The highest BCUT2D eigenvalue weighted by Gasteiger charge is 2.16. The Bertz CT molecular complexity index is 2870. The van der Waals surface area contributed by atoms with Gasteiger partial charge in [-0.3, -0.25) is 4.79 Å². The maximum absolute atomic E-state index is 12.4. The maximum atomic E-state index is 12.4. The summed E-state index contributed by atoms with van der Waals surface area (Å²) in [5.74, 6) is 2.55. The first-order chi connectivity index (χ1) is 30.2. The largest absolute Gasteiger partial charge is 0.504 e. The molecule has 326 valence electrons. The van der Waals surface area contributed by atoms with E-state index in [-0.39, 0.29) is 34.8 Å². The molecule has 0 saturated carbocycles. The Morgan fingerprint density at radius 2 is 1.05 bits per heavy atom. The Kier molecular flexibility index (Phi) is 13.9. The summed E-state index contributed by atoms with van der Waals surface area (Å²) in [7, 11) is 7.90. The zero-order valence-electron chi connectivity index (χ0n) is 35.5. The molecule has 0 aliphatic heterocycles. The normalized spacial score (nSPS) is 10.6. The summed E-state index contributed by atoms with van der Waals surface area (Å²) in [4.78, 5) is 21.1. The van der Waals surface area contributed by atoms with Gasteiger partial charge in [-0.2, -0.15) is 0 Å². The molecule has 0 fully saturated rings. The number of phenols is 4. The molecule has 0 radical (unpaired) electrons. The zero-order valence-corrected chi connectivity index (χ0v) is 37.1. The monoisotopic (exact) mass is 921 g/mol. The van der Waals surface area contributed by atoms with Crippen molar-refractivity contribution < 1.29 is 57.7 Å². The lowest BCUT2D eigenvalue weighted by molar-refractivity contribution is 0.102. The number of nitrogens with zero attached hydrogens (tertiary/aromatic N) is 2. The average Bonchev–Trinajstić information content (AvgIpc) is 3.89. The third-order valence-corrected chi connectivity index (χ3v) is 10.4. The van der Waals surface area contributed by atoms with E-state index in [1.807, 2.05) is 43.3 Å². The van der Waals surface area contributed by atoms with Crippen molar-refractivity contribution in [3.8, 4) is 74.7 Å². The Labute approximate surface area is 370 Å². The van der Waals surface area contributed by atoms with Gasteiger partial charge in [0.25, 0.3) is 5.91 Å². The highest BCUT2D eigenvalue weighted by molar-refractivity contribution is 9.10. The number of aromatic hydroxyl groups is 4. The van der Waals surface area contributed by atoms with Crippen molar-refractivity contribution in [2.45, 2.75) is 20.8 Å². The number of carbonyl (C=O) groups excluding carboxylic acids is 1. The molecule has 1 amide bonds. The first-order valence-corrected chi connectivity index (χ1v) is 19.8. The zero-order chi connectivity index (χ0) is 45.5. The fraction of sp³-hybridized carbons (Fsp3) is 0.170. The number of rotatable bonds is 9. The van der Waals surface area contributed by atoms with E-state index in [1.165, 1.54) is 41.5 Å². The summed E-state index contributed by atoms with van der Waals surface area (Å²) < 4.78 is 38.2. The summed E-state index contributed by atoms with van der Waals surface area (Å²) in [6.45, 7) is 6.05. The van der Waals surface area contributed by atoms with Gasteiger partial charge in [-0.15, -0.1) is 0 Å². The smallest absolute Gasteiger partial charge is 0.255 e. The van der Waals surface area contributed by atoms with Gasteiger partial charge < -0.3 is 58.3 Å². The Morgan fingerprint density at radius 1 is 0.524 bits per heavy atom. The fourth-order valence-corrected chi connectivity index (χ4v) is 6.53. The van der Waals surface area contributed by atoms with E-state index in [9.17, 15) is 25.2 Å². The number of anilines is 1. The Balaban J connectivity index is 0.000000158. The van der Waals surface area contributed by atoms with E-state index in [0.717, 1.165) is 22.2 Å². The highest BCUT2D eigenvalue weighted by Crippen LogP contribution is 2.38. The van der Waals surface area contributed by atoms with Crippen molar-refractivity contribution >= 4 is 49.7 Å². The molecule has 16 heteroatoms. The SMILES string of the molecule is COc1cc(C(=O)Nc2cc(OC)c(OC)cc2Br)ccc1C.COc1ccc(-c2nc3cc(C)c(C)cc3o2)cc1OC.Oc1ccc(-c2nc3cc(O)c(O)cc3o2)cc1O. The molecule has 0 aliphatic carbocycles. The molecule has 0 spiro atoms. The average molecular weight is 923 g/mol. The number of phenolic OH excluding ortho intramolecular Hbond substituents is 4. The molecule has 2 heterocycles. The molecule has 8 rings (SSSR count). The van der Waals surface area contributed by atoms with Crippen molar-refractivity contribution in [3.63, 3.8) is 0 Å². The number of aryl methyl sites for hydroxylation is 3. The molecule has 0 saturated heterocycles. The van der Waals surface area contributed by atoms with E-state index in [4.69, 9.17) is 32.5 Å². The number of benzene rings is 6. The molecule has 0 unspecified atom stereocenters. The highest BCUT2D eigenvalue weighted by atomic mass is 79.9. The molecule has 6 aromatic carbocycles. The van der Waals surface area contributed by atoms with Crippen LogP contribution in [0.2, 0.25) is 0 Å². The minimum absolute atomic E-state index is 0.204. The topological polar surface area (TPSA) is 208 Å². The molecule has 63 heavy (non-hydrogen) atoms. The van der Waals surface area contributed by atoms with E-state index in [0.29, 0.717) is 67.0 Å². The molecule has 0 aliphatic rings. The number of nitrogens with one attached hydrogen (secondary N) is 1. The second-order valence-corrected chi connectivity index (χ2v) is 14.7. The van der Waals surface area contributed by atoms with Crippen LogP contribution in [0.3, 0.4) is 0 Å². The van der Waals surface area contributed by atoms with Crippen LogP contribution in [0.25, 0.3) is 45.1 Å².